The molecule has 0 saturated carbocycles. The molecule has 0 aliphatic carbocycles. The van der Waals surface area contributed by atoms with E-state index < -0.39 is 5.91 Å². The van der Waals surface area contributed by atoms with E-state index >= 15 is 0 Å². The van der Waals surface area contributed by atoms with Crippen LogP contribution in [0.1, 0.15) is 16.1 Å². The van der Waals surface area contributed by atoms with Gasteiger partial charge in [0.1, 0.15) is 0 Å². The highest BCUT2D eigenvalue weighted by atomic mass is 35.5. The first kappa shape index (κ1) is 17.3. The summed E-state index contributed by atoms with van der Waals surface area (Å²) in [6.45, 7) is 4.37. The monoisotopic (exact) mass is 362 g/mol. The quantitative estimate of drug-likeness (QED) is 0.895. The van der Waals surface area contributed by atoms with E-state index in [4.69, 9.17) is 16.1 Å². The number of nitrogens with one attached hydrogen (secondary N) is 1. The molecule has 1 aliphatic rings. The molecular formula is C17H19ClN4O3. The van der Waals surface area contributed by atoms with Gasteiger partial charge in [0, 0.05) is 42.5 Å². The van der Waals surface area contributed by atoms with Crippen LogP contribution in [-0.4, -0.2) is 54.6 Å². The van der Waals surface area contributed by atoms with Gasteiger partial charge in [0.15, 0.2) is 0 Å². The molecule has 2 heterocycles. The summed E-state index contributed by atoms with van der Waals surface area (Å²) in [6, 6.07) is 7.66. The van der Waals surface area contributed by atoms with Crippen LogP contribution < -0.4 is 10.2 Å². The van der Waals surface area contributed by atoms with E-state index in [2.05, 4.69) is 15.4 Å². The smallest absolute Gasteiger partial charge is 0.290 e. The number of aromatic nitrogens is 1. The van der Waals surface area contributed by atoms with Crippen LogP contribution >= 0.6 is 11.6 Å². The van der Waals surface area contributed by atoms with E-state index in [0.717, 1.165) is 18.8 Å². The van der Waals surface area contributed by atoms with Crippen LogP contribution in [0.4, 0.5) is 5.69 Å². The lowest BCUT2D eigenvalue weighted by Gasteiger charge is -2.36. The average molecular weight is 363 g/mol. The van der Waals surface area contributed by atoms with Gasteiger partial charge in [0.05, 0.1) is 12.7 Å². The van der Waals surface area contributed by atoms with Gasteiger partial charge in [-0.2, -0.15) is 0 Å². The second kappa shape index (κ2) is 7.57. The largest absolute Gasteiger partial charge is 0.368 e. The van der Waals surface area contributed by atoms with Crippen molar-refractivity contribution < 1.29 is 14.1 Å². The molecule has 0 bridgehead atoms. The third kappa shape index (κ3) is 4.11. The number of hydrogen-bond acceptors (Lipinski definition) is 5. The molecule has 2 amide bonds. The van der Waals surface area contributed by atoms with Crippen molar-refractivity contribution >= 4 is 29.1 Å². The second-order valence-corrected chi connectivity index (χ2v) is 6.30. The summed E-state index contributed by atoms with van der Waals surface area (Å²) in [5.74, 6) is -0.398. The third-order valence-electron chi connectivity index (χ3n) is 4.18. The molecule has 1 fully saturated rings. The summed E-state index contributed by atoms with van der Waals surface area (Å²) >= 11 is 5.91. The maximum atomic E-state index is 12.3. The van der Waals surface area contributed by atoms with Gasteiger partial charge in [0.2, 0.25) is 11.7 Å². The van der Waals surface area contributed by atoms with Gasteiger partial charge in [-0.05, 0) is 31.2 Å². The summed E-state index contributed by atoms with van der Waals surface area (Å²) < 4.78 is 4.87. The molecule has 1 aromatic carbocycles. The number of carbonyl (C=O) groups is 2. The molecule has 7 nitrogen and oxygen atoms in total. The zero-order valence-electron chi connectivity index (χ0n) is 13.9. The topological polar surface area (TPSA) is 78.7 Å². The number of amides is 2. The standard InChI is InChI=1S/C17H19ClN4O3/c1-12-10-20-25-16(12)17(24)19-11-15(23)22-8-6-21(7-9-22)14-4-2-13(18)3-5-14/h2-5,10H,6-9,11H2,1H3,(H,19,24). The molecular weight excluding hydrogens is 344 g/mol. The van der Waals surface area contributed by atoms with Gasteiger partial charge in [-0.1, -0.05) is 16.8 Å². The van der Waals surface area contributed by atoms with E-state index in [-0.39, 0.29) is 18.2 Å². The molecule has 0 atom stereocenters. The predicted octanol–water partition coefficient (Wildman–Crippen LogP) is 1.72. The van der Waals surface area contributed by atoms with Crippen LogP contribution in [0, 0.1) is 6.92 Å². The number of hydrogen-bond donors (Lipinski definition) is 1. The van der Waals surface area contributed by atoms with E-state index in [1.807, 2.05) is 24.3 Å². The molecule has 0 unspecified atom stereocenters. The third-order valence-corrected chi connectivity index (χ3v) is 4.43. The van der Waals surface area contributed by atoms with Crippen molar-refractivity contribution in [3.63, 3.8) is 0 Å². The van der Waals surface area contributed by atoms with Crippen molar-refractivity contribution in [2.75, 3.05) is 37.6 Å². The van der Waals surface area contributed by atoms with Gasteiger partial charge >= 0.3 is 0 Å². The highest BCUT2D eigenvalue weighted by Gasteiger charge is 2.22. The SMILES string of the molecule is Cc1cnoc1C(=O)NCC(=O)N1CCN(c2ccc(Cl)cc2)CC1. The minimum absolute atomic E-state index is 0.0556. The Morgan fingerprint density at radius 1 is 1.20 bits per heavy atom. The molecule has 25 heavy (non-hydrogen) atoms. The minimum atomic E-state index is -0.428. The Hall–Kier alpha value is -2.54. The number of aryl methyl sites for hydroxylation is 1. The first-order valence-electron chi connectivity index (χ1n) is 8.02. The van der Waals surface area contributed by atoms with Crippen LogP contribution in [0.15, 0.2) is 35.0 Å². The summed E-state index contributed by atoms with van der Waals surface area (Å²) in [7, 11) is 0. The number of rotatable bonds is 4. The Labute approximate surface area is 150 Å². The summed E-state index contributed by atoms with van der Waals surface area (Å²) in [5.41, 5.74) is 1.73. The van der Waals surface area contributed by atoms with Crippen molar-refractivity contribution in [3.8, 4) is 0 Å². The van der Waals surface area contributed by atoms with Crippen molar-refractivity contribution in [2.45, 2.75) is 6.92 Å². The summed E-state index contributed by atoms with van der Waals surface area (Å²) in [6.07, 6.45) is 1.46. The maximum Gasteiger partial charge on any atom is 0.290 e. The highest BCUT2D eigenvalue weighted by Crippen LogP contribution is 2.19. The maximum absolute atomic E-state index is 12.3. The zero-order valence-corrected chi connectivity index (χ0v) is 14.6. The number of carbonyl (C=O) groups excluding carboxylic acids is 2. The molecule has 8 heteroatoms. The Kier molecular flexibility index (Phi) is 5.23. The number of benzene rings is 1. The highest BCUT2D eigenvalue weighted by molar-refractivity contribution is 6.30. The molecule has 0 spiro atoms. The lowest BCUT2D eigenvalue weighted by Crippen LogP contribution is -2.51. The summed E-state index contributed by atoms with van der Waals surface area (Å²) in [4.78, 5) is 28.2. The molecule has 0 radical (unpaired) electrons. The normalized spacial score (nSPS) is 14.5. The van der Waals surface area contributed by atoms with Crippen molar-refractivity contribution in [2.24, 2.45) is 0 Å². The molecule has 2 aromatic rings. The number of anilines is 1. The lowest BCUT2D eigenvalue weighted by atomic mass is 10.2. The van der Waals surface area contributed by atoms with E-state index in [1.54, 1.807) is 11.8 Å². The Balaban J connectivity index is 1.47. The zero-order chi connectivity index (χ0) is 17.8. The average Bonchev–Trinajstić information content (AvgIpc) is 3.06. The number of halogens is 1. The number of piperazine rings is 1. The van der Waals surface area contributed by atoms with Crippen molar-refractivity contribution in [1.29, 1.82) is 0 Å². The lowest BCUT2D eigenvalue weighted by molar-refractivity contribution is -0.130. The van der Waals surface area contributed by atoms with E-state index in [1.165, 1.54) is 6.20 Å². The Morgan fingerprint density at radius 3 is 2.48 bits per heavy atom. The summed E-state index contributed by atoms with van der Waals surface area (Å²) in [5, 5.41) is 6.84. The molecule has 132 valence electrons. The predicted molar refractivity (Wildman–Crippen MR) is 93.8 cm³/mol. The van der Waals surface area contributed by atoms with Crippen LogP contribution in [0.3, 0.4) is 0 Å². The van der Waals surface area contributed by atoms with Gasteiger partial charge in [-0.25, -0.2) is 0 Å². The van der Waals surface area contributed by atoms with Crippen LogP contribution in [-0.2, 0) is 4.79 Å². The van der Waals surface area contributed by atoms with Crippen LogP contribution in [0.25, 0.3) is 0 Å². The Morgan fingerprint density at radius 2 is 1.88 bits per heavy atom. The molecule has 1 aliphatic heterocycles. The molecule has 1 N–H and O–H groups in total. The number of nitrogens with zero attached hydrogens (tertiary/aromatic N) is 3. The molecule has 1 saturated heterocycles. The van der Waals surface area contributed by atoms with E-state index in [0.29, 0.717) is 23.7 Å². The first-order valence-corrected chi connectivity index (χ1v) is 8.40. The minimum Gasteiger partial charge on any atom is -0.368 e. The molecule has 1 aromatic heterocycles. The van der Waals surface area contributed by atoms with Crippen molar-refractivity contribution in [3.05, 3.63) is 46.8 Å². The van der Waals surface area contributed by atoms with E-state index in [9.17, 15) is 9.59 Å². The van der Waals surface area contributed by atoms with Crippen LogP contribution in [0.2, 0.25) is 5.02 Å². The fraction of sp³-hybridized carbons (Fsp3) is 0.353. The Bertz CT molecular complexity index is 752. The first-order chi connectivity index (χ1) is 12.0. The van der Waals surface area contributed by atoms with Gasteiger partial charge in [-0.3, -0.25) is 9.59 Å². The molecule has 3 rings (SSSR count). The van der Waals surface area contributed by atoms with Gasteiger partial charge in [0.25, 0.3) is 5.91 Å². The van der Waals surface area contributed by atoms with Gasteiger partial charge in [-0.15, -0.1) is 0 Å². The fourth-order valence-electron chi connectivity index (χ4n) is 2.72. The fourth-order valence-corrected chi connectivity index (χ4v) is 2.85. The van der Waals surface area contributed by atoms with Gasteiger partial charge < -0.3 is 19.6 Å². The van der Waals surface area contributed by atoms with Crippen LogP contribution in [0.5, 0.6) is 0 Å². The van der Waals surface area contributed by atoms with Crippen molar-refractivity contribution in [1.82, 2.24) is 15.4 Å². The second-order valence-electron chi connectivity index (χ2n) is 5.86.